The van der Waals surface area contributed by atoms with E-state index < -0.39 is 4.33 Å². The zero-order valence-electron chi connectivity index (χ0n) is 10.5. The summed E-state index contributed by atoms with van der Waals surface area (Å²) in [6.07, 6.45) is 0.854. The third-order valence-corrected chi connectivity index (χ3v) is 5.16. The Kier molecular flexibility index (Phi) is 2.45. The van der Waals surface area contributed by atoms with Gasteiger partial charge in [0.2, 0.25) is 6.41 Å². The number of carbonyl (C=O) groups excluding carboxylic acids is 1. The number of hydrogen-bond donors (Lipinski definition) is 0. The lowest BCUT2D eigenvalue weighted by Crippen LogP contribution is -2.17. The largest absolute Gasteiger partial charge is 0.283 e. The highest BCUT2D eigenvalue weighted by atomic mass is 35.5. The minimum absolute atomic E-state index is 0.0353. The second-order valence-electron chi connectivity index (χ2n) is 5.22. The Morgan fingerprint density at radius 1 is 0.900 bits per heavy atom. The summed E-state index contributed by atoms with van der Waals surface area (Å²) in [6, 6.07) is 15.6. The third kappa shape index (κ3) is 1.44. The maximum Gasteiger partial charge on any atom is 0.218 e. The predicted octanol–water partition coefficient (Wildman–Crippen LogP) is 4.35. The van der Waals surface area contributed by atoms with Crippen LogP contribution in [0.25, 0.3) is 0 Å². The molecule has 4 heteroatoms. The van der Waals surface area contributed by atoms with Crippen molar-refractivity contribution in [3.63, 3.8) is 0 Å². The number of benzene rings is 2. The van der Waals surface area contributed by atoms with Crippen LogP contribution in [0, 0.1) is 0 Å². The second-order valence-corrected chi connectivity index (χ2v) is 6.67. The minimum atomic E-state index is -0.790. The molecule has 1 heterocycles. The van der Waals surface area contributed by atoms with Gasteiger partial charge in [-0.05, 0) is 23.3 Å². The summed E-state index contributed by atoms with van der Waals surface area (Å²) in [6.45, 7) is 0. The number of para-hydroxylation sites is 2. The number of halogens is 2. The molecule has 2 aliphatic rings. The van der Waals surface area contributed by atoms with Crippen molar-refractivity contribution < 1.29 is 4.79 Å². The van der Waals surface area contributed by atoms with Gasteiger partial charge < -0.3 is 0 Å². The molecule has 1 aliphatic heterocycles. The molecule has 2 aromatic rings. The highest BCUT2D eigenvalue weighted by Gasteiger charge is 2.66. The average Bonchev–Trinajstić information content (AvgIpc) is 3.06. The van der Waals surface area contributed by atoms with Gasteiger partial charge in [0.05, 0.1) is 11.4 Å². The topological polar surface area (TPSA) is 20.3 Å². The molecule has 2 nitrogen and oxygen atoms in total. The van der Waals surface area contributed by atoms with E-state index in [0.29, 0.717) is 0 Å². The van der Waals surface area contributed by atoms with Gasteiger partial charge in [0.15, 0.2) is 0 Å². The van der Waals surface area contributed by atoms with Crippen LogP contribution in [0.1, 0.15) is 23.0 Å². The van der Waals surface area contributed by atoms with Crippen LogP contribution in [-0.2, 0) is 4.79 Å². The highest BCUT2D eigenvalue weighted by molar-refractivity contribution is 6.52. The van der Waals surface area contributed by atoms with Gasteiger partial charge in [-0.15, -0.1) is 23.2 Å². The monoisotopic (exact) mass is 303 g/mol. The molecule has 1 aliphatic carbocycles. The predicted molar refractivity (Wildman–Crippen MR) is 81.0 cm³/mol. The van der Waals surface area contributed by atoms with Crippen LogP contribution >= 0.6 is 23.2 Å². The van der Waals surface area contributed by atoms with E-state index in [4.69, 9.17) is 23.2 Å². The Morgan fingerprint density at radius 2 is 1.35 bits per heavy atom. The number of amides is 1. The molecule has 100 valence electrons. The van der Waals surface area contributed by atoms with Gasteiger partial charge in [0.1, 0.15) is 4.33 Å². The first kappa shape index (κ1) is 12.2. The Labute approximate surface area is 126 Å². The van der Waals surface area contributed by atoms with Gasteiger partial charge in [-0.1, -0.05) is 36.4 Å². The Bertz CT molecular complexity index is 658. The van der Waals surface area contributed by atoms with E-state index in [2.05, 4.69) is 0 Å². The molecule has 2 aromatic carbocycles. The van der Waals surface area contributed by atoms with E-state index in [1.165, 1.54) is 0 Å². The fraction of sp³-hybridized carbons (Fsp3) is 0.188. The summed E-state index contributed by atoms with van der Waals surface area (Å²) in [5.74, 6) is 0.0706. The zero-order valence-corrected chi connectivity index (χ0v) is 12.0. The van der Waals surface area contributed by atoms with Crippen LogP contribution in [0.3, 0.4) is 0 Å². The number of fused-ring (bicyclic) bond motifs is 5. The molecule has 1 amide bonds. The fourth-order valence-electron chi connectivity index (χ4n) is 3.28. The van der Waals surface area contributed by atoms with E-state index >= 15 is 0 Å². The van der Waals surface area contributed by atoms with E-state index in [1.807, 2.05) is 48.5 Å². The summed E-state index contributed by atoms with van der Waals surface area (Å²) in [4.78, 5) is 13.3. The first-order chi connectivity index (χ1) is 9.66. The average molecular weight is 304 g/mol. The van der Waals surface area contributed by atoms with Crippen molar-refractivity contribution in [1.29, 1.82) is 0 Å². The lowest BCUT2D eigenvalue weighted by molar-refractivity contribution is -0.106. The summed E-state index contributed by atoms with van der Waals surface area (Å²) in [5.41, 5.74) is 3.80. The summed E-state index contributed by atoms with van der Waals surface area (Å²) >= 11 is 13.0. The summed E-state index contributed by atoms with van der Waals surface area (Å²) in [7, 11) is 0. The van der Waals surface area contributed by atoms with Gasteiger partial charge in [-0.2, -0.15) is 0 Å². The Balaban J connectivity index is 2.04. The highest BCUT2D eigenvalue weighted by Crippen LogP contribution is 2.73. The molecule has 2 unspecified atom stereocenters. The van der Waals surface area contributed by atoms with Crippen LogP contribution in [-0.4, -0.2) is 10.7 Å². The number of carbonyl (C=O) groups is 1. The molecular weight excluding hydrogens is 293 g/mol. The van der Waals surface area contributed by atoms with E-state index in [-0.39, 0.29) is 11.8 Å². The smallest absolute Gasteiger partial charge is 0.218 e. The molecule has 1 fully saturated rings. The van der Waals surface area contributed by atoms with Gasteiger partial charge in [0, 0.05) is 11.8 Å². The molecule has 1 saturated carbocycles. The van der Waals surface area contributed by atoms with Crippen molar-refractivity contribution >= 4 is 41.0 Å². The van der Waals surface area contributed by atoms with Crippen molar-refractivity contribution in [2.75, 3.05) is 4.90 Å². The van der Waals surface area contributed by atoms with Crippen molar-refractivity contribution in [1.82, 2.24) is 0 Å². The molecule has 0 aromatic heterocycles. The summed E-state index contributed by atoms with van der Waals surface area (Å²) in [5, 5.41) is 0. The molecule has 4 rings (SSSR count). The number of hydrogen-bond acceptors (Lipinski definition) is 1. The Hall–Kier alpha value is -1.51. The quantitative estimate of drug-likeness (QED) is 0.566. The maximum atomic E-state index is 11.6. The van der Waals surface area contributed by atoms with Crippen molar-refractivity contribution in [3.05, 3.63) is 59.7 Å². The van der Waals surface area contributed by atoms with E-state index in [1.54, 1.807) is 4.90 Å². The number of rotatable bonds is 1. The van der Waals surface area contributed by atoms with Gasteiger partial charge >= 0.3 is 0 Å². The summed E-state index contributed by atoms with van der Waals surface area (Å²) < 4.78 is -0.790. The minimum Gasteiger partial charge on any atom is -0.283 e. The molecule has 0 bridgehead atoms. The van der Waals surface area contributed by atoms with Gasteiger partial charge in [-0.3, -0.25) is 9.69 Å². The number of nitrogens with zero attached hydrogens (tertiary/aromatic N) is 1. The molecule has 0 spiro atoms. The van der Waals surface area contributed by atoms with Gasteiger partial charge in [0.25, 0.3) is 0 Å². The second kappa shape index (κ2) is 4.00. The molecule has 0 saturated heterocycles. The van der Waals surface area contributed by atoms with E-state index in [9.17, 15) is 4.79 Å². The SMILES string of the molecule is O=CN1c2ccccc2C2C(c3ccccc31)C2(Cl)Cl. The number of alkyl halides is 2. The van der Waals surface area contributed by atoms with Gasteiger partial charge in [-0.25, -0.2) is 0 Å². The zero-order chi connectivity index (χ0) is 13.9. The standard InChI is InChI=1S/C16H11Cl2NO/c17-16(18)14-10-5-1-3-7-12(10)19(9-20)13-8-4-2-6-11(13)15(14)16/h1-9,14-15H. The molecular formula is C16H11Cl2NO. The molecule has 0 N–H and O–H groups in total. The van der Waals surface area contributed by atoms with Crippen LogP contribution in [0.4, 0.5) is 11.4 Å². The third-order valence-electron chi connectivity index (χ3n) is 4.22. The lowest BCUT2D eigenvalue weighted by Gasteiger charge is -2.22. The van der Waals surface area contributed by atoms with Crippen LogP contribution < -0.4 is 4.90 Å². The van der Waals surface area contributed by atoms with Crippen molar-refractivity contribution in [2.45, 2.75) is 16.2 Å². The van der Waals surface area contributed by atoms with Crippen LogP contribution in [0.15, 0.2) is 48.5 Å². The molecule has 20 heavy (non-hydrogen) atoms. The number of anilines is 2. The van der Waals surface area contributed by atoms with Crippen molar-refractivity contribution in [3.8, 4) is 0 Å². The normalized spacial score (nSPS) is 25.0. The lowest BCUT2D eigenvalue weighted by atomic mass is 10.0. The first-order valence-electron chi connectivity index (χ1n) is 6.46. The van der Waals surface area contributed by atoms with Crippen molar-refractivity contribution in [2.24, 2.45) is 0 Å². The molecule has 2 atom stereocenters. The molecule has 0 radical (unpaired) electrons. The maximum absolute atomic E-state index is 11.6. The van der Waals surface area contributed by atoms with Crippen LogP contribution in [0.5, 0.6) is 0 Å². The van der Waals surface area contributed by atoms with Crippen LogP contribution in [0.2, 0.25) is 0 Å². The first-order valence-corrected chi connectivity index (χ1v) is 7.22. The Morgan fingerprint density at radius 3 is 1.80 bits per heavy atom. The van der Waals surface area contributed by atoms with E-state index in [0.717, 1.165) is 28.9 Å². The fourth-order valence-corrected chi connectivity index (χ4v) is 4.13.